The van der Waals surface area contributed by atoms with Gasteiger partial charge in [-0.25, -0.2) is 0 Å². The van der Waals surface area contributed by atoms with Crippen LogP contribution in [-0.2, 0) is 0 Å². The molecule has 0 spiro atoms. The Morgan fingerprint density at radius 1 is 1.38 bits per heavy atom. The van der Waals surface area contributed by atoms with Crippen molar-refractivity contribution in [3.05, 3.63) is 29.8 Å². The number of benzene rings is 1. The maximum Gasteiger partial charge on any atom is 0.124 e. The van der Waals surface area contributed by atoms with Crippen LogP contribution >= 0.6 is 12.4 Å². The number of hydrogen-bond acceptors (Lipinski definition) is 2. The van der Waals surface area contributed by atoms with Crippen LogP contribution in [0.4, 0.5) is 0 Å². The van der Waals surface area contributed by atoms with E-state index in [1.165, 1.54) is 5.56 Å². The van der Waals surface area contributed by atoms with E-state index in [4.69, 9.17) is 4.74 Å². The molecule has 1 aromatic carbocycles. The lowest BCUT2D eigenvalue weighted by atomic mass is 10.1. The minimum absolute atomic E-state index is 0. The van der Waals surface area contributed by atoms with Crippen LogP contribution in [0.25, 0.3) is 0 Å². The first-order chi connectivity index (χ1) is 5.88. The molecule has 0 saturated carbocycles. The van der Waals surface area contributed by atoms with Crippen molar-refractivity contribution in [3.8, 4) is 5.75 Å². The number of rotatable bonds is 0. The first kappa shape index (κ1) is 10.4. The van der Waals surface area contributed by atoms with Gasteiger partial charge in [0.25, 0.3) is 0 Å². The molecule has 2 rings (SSSR count). The maximum absolute atomic E-state index is 5.56. The van der Waals surface area contributed by atoms with Gasteiger partial charge in [-0.1, -0.05) is 18.2 Å². The van der Waals surface area contributed by atoms with E-state index in [1.54, 1.807) is 0 Å². The molecule has 0 amide bonds. The van der Waals surface area contributed by atoms with Crippen molar-refractivity contribution in [3.63, 3.8) is 0 Å². The van der Waals surface area contributed by atoms with Crippen molar-refractivity contribution in [2.75, 3.05) is 13.2 Å². The average Bonchev–Trinajstić information content (AvgIpc) is 2.29. The minimum atomic E-state index is 0. The summed E-state index contributed by atoms with van der Waals surface area (Å²) in [6.07, 6.45) is 0. The fourth-order valence-corrected chi connectivity index (χ4v) is 1.52. The van der Waals surface area contributed by atoms with Crippen LogP contribution in [0, 0.1) is 0 Å². The maximum atomic E-state index is 5.56. The van der Waals surface area contributed by atoms with Gasteiger partial charge < -0.3 is 10.1 Å². The Hall–Kier alpha value is -0.730. The molecule has 1 unspecified atom stereocenters. The summed E-state index contributed by atoms with van der Waals surface area (Å²) in [4.78, 5) is 0. The summed E-state index contributed by atoms with van der Waals surface area (Å²) in [6, 6.07) is 8.60. The Bertz CT molecular complexity index is 277. The molecule has 1 atom stereocenters. The highest BCUT2D eigenvalue weighted by Crippen LogP contribution is 2.25. The molecule has 0 saturated heterocycles. The first-order valence-electron chi connectivity index (χ1n) is 4.33. The van der Waals surface area contributed by atoms with Crippen LogP contribution in [0.2, 0.25) is 0 Å². The summed E-state index contributed by atoms with van der Waals surface area (Å²) in [5, 5.41) is 3.38. The molecule has 1 aliphatic rings. The Kier molecular flexibility index (Phi) is 3.58. The molecule has 13 heavy (non-hydrogen) atoms. The molecule has 3 heteroatoms. The van der Waals surface area contributed by atoms with Gasteiger partial charge in [0.2, 0.25) is 0 Å². The van der Waals surface area contributed by atoms with Crippen LogP contribution < -0.4 is 10.1 Å². The molecule has 0 radical (unpaired) electrons. The van der Waals surface area contributed by atoms with Crippen molar-refractivity contribution in [1.29, 1.82) is 0 Å². The summed E-state index contributed by atoms with van der Waals surface area (Å²) in [5.74, 6) is 1.02. The number of para-hydroxylation sites is 1. The second-order valence-electron chi connectivity index (χ2n) is 3.06. The molecule has 72 valence electrons. The highest BCUT2D eigenvalue weighted by atomic mass is 35.5. The quantitative estimate of drug-likeness (QED) is 0.692. The SMILES string of the molecule is CC1NCCOc2ccccc21.Cl. The molecule has 1 heterocycles. The van der Waals surface area contributed by atoms with Gasteiger partial charge in [-0.15, -0.1) is 12.4 Å². The zero-order chi connectivity index (χ0) is 8.39. The van der Waals surface area contributed by atoms with Crippen molar-refractivity contribution in [1.82, 2.24) is 5.32 Å². The molecule has 1 aromatic rings. The Morgan fingerprint density at radius 2 is 2.15 bits per heavy atom. The lowest BCUT2D eigenvalue weighted by Gasteiger charge is -2.10. The van der Waals surface area contributed by atoms with E-state index in [2.05, 4.69) is 18.3 Å². The third-order valence-electron chi connectivity index (χ3n) is 2.20. The van der Waals surface area contributed by atoms with E-state index < -0.39 is 0 Å². The summed E-state index contributed by atoms with van der Waals surface area (Å²) < 4.78 is 5.56. The largest absolute Gasteiger partial charge is 0.492 e. The Balaban J connectivity index is 0.000000845. The molecular weight excluding hydrogens is 186 g/mol. The van der Waals surface area contributed by atoms with E-state index in [9.17, 15) is 0 Å². The van der Waals surface area contributed by atoms with Gasteiger partial charge in [0, 0.05) is 18.2 Å². The zero-order valence-electron chi connectivity index (χ0n) is 7.62. The molecule has 0 aromatic heterocycles. The average molecular weight is 200 g/mol. The summed E-state index contributed by atoms with van der Waals surface area (Å²) >= 11 is 0. The number of hydrogen-bond donors (Lipinski definition) is 1. The third-order valence-corrected chi connectivity index (χ3v) is 2.20. The highest BCUT2D eigenvalue weighted by molar-refractivity contribution is 5.85. The van der Waals surface area contributed by atoms with Gasteiger partial charge in [0.15, 0.2) is 0 Å². The van der Waals surface area contributed by atoms with Gasteiger partial charge in [-0.2, -0.15) is 0 Å². The smallest absolute Gasteiger partial charge is 0.124 e. The summed E-state index contributed by atoms with van der Waals surface area (Å²) in [7, 11) is 0. The minimum Gasteiger partial charge on any atom is -0.492 e. The Morgan fingerprint density at radius 3 is 3.00 bits per heavy atom. The van der Waals surface area contributed by atoms with Crippen LogP contribution in [0.15, 0.2) is 24.3 Å². The molecule has 1 aliphatic heterocycles. The topological polar surface area (TPSA) is 21.3 Å². The second kappa shape index (κ2) is 4.49. The lowest BCUT2D eigenvalue weighted by molar-refractivity contribution is 0.324. The van der Waals surface area contributed by atoms with E-state index in [0.717, 1.165) is 18.9 Å². The molecule has 0 aliphatic carbocycles. The van der Waals surface area contributed by atoms with E-state index in [1.807, 2.05) is 18.2 Å². The van der Waals surface area contributed by atoms with Crippen LogP contribution in [-0.4, -0.2) is 13.2 Å². The van der Waals surface area contributed by atoms with Crippen LogP contribution in [0.5, 0.6) is 5.75 Å². The van der Waals surface area contributed by atoms with Gasteiger partial charge in [0.05, 0.1) is 0 Å². The number of nitrogens with one attached hydrogen (secondary N) is 1. The van der Waals surface area contributed by atoms with Crippen molar-refractivity contribution in [2.45, 2.75) is 13.0 Å². The molecule has 0 fully saturated rings. The van der Waals surface area contributed by atoms with Crippen molar-refractivity contribution in [2.24, 2.45) is 0 Å². The molecule has 1 N–H and O–H groups in total. The Labute approximate surface area is 84.7 Å². The zero-order valence-corrected chi connectivity index (χ0v) is 8.43. The number of halogens is 1. The monoisotopic (exact) mass is 199 g/mol. The third kappa shape index (κ3) is 2.14. The normalized spacial score (nSPS) is 20.5. The molecular formula is C10H14ClNO. The first-order valence-corrected chi connectivity index (χ1v) is 4.33. The predicted molar refractivity (Wildman–Crippen MR) is 55.6 cm³/mol. The van der Waals surface area contributed by atoms with Crippen molar-refractivity contribution >= 4 is 12.4 Å². The fraction of sp³-hybridized carbons (Fsp3) is 0.400. The van der Waals surface area contributed by atoms with Gasteiger partial charge >= 0.3 is 0 Å². The van der Waals surface area contributed by atoms with E-state index in [-0.39, 0.29) is 12.4 Å². The van der Waals surface area contributed by atoms with E-state index in [0.29, 0.717) is 6.04 Å². The number of ether oxygens (including phenoxy) is 1. The molecule has 2 nitrogen and oxygen atoms in total. The predicted octanol–water partition coefficient (Wildman–Crippen LogP) is 2.15. The second-order valence-corrected chi connectivity index (χ2v) is 3.06. The summed E-state index contributed by atoms with van der Waals surface area (Å²) in [6.45, 7) is 3.85. The fourth-order valence-electron chi connectivity index (χ4n) is 1.52. The van der Waals surface area contributed by atoms with Crippen LogP contribution in [0.1, 0.15) is 18.5 Å². The van der Waals surface area contributed by atoms with Crippen molar-refractivity contribution < 1.29 is 4.74 Å². The van der Waals surface area contributed by atoms with Crippen LogP contribution in [0.3, 0.4) is 0 Å². The van der Waals surface area contributed by atoms with Gasteiger partial charge in [-0.05, 0) is 13.0 Å². The number of fused-ring (bicyclic) bond motifs is 1. The van der Waals surface area contributed by atoms with Gasteiger partial charge in [-0.3, -0.25) is 0 Å². The van der Waals surface area contributed by atoms with E-state index >= 15 is 0 Å². The highest BCUT2D eigenvalue weighted by Gasteiger charge is 2.13. The molecule has 0 bridgehead atoms. The summed E-state index contributed by atoms with van der Waals surface area (Å²) in [5.41, 5.74) is 1.26. The lowest BCUT2D eigenvalue weighted by Crippen LogP contribution is -2.20. The standard InChI is InChI=1S/C10H13NO.ClH/c1-8-9-4-2-3-5-10(9)12-7-6-11-8;/h2-5,8,11H,6-7H2,1H3;1H. The van der Waals surface area contributed by atoms with Gasteiger partial charge in [0.1, 0.15) is 12.4 Å².